The van der Waals surface area contributed by atoms with Crippen LogP contribution in [-0.4, -0.2) is 10.9 Å². The molecule has 0 aromatic carbocycles. The largest absolute Gasteiger partial charge is 0.310 e. The second-order valence-corrected chi connectivity index (χ2v) is 4.79. The molecule has 3 nitrogen and oxygen atoms in total. The van der Waals surface area contributed by atoms with Crippen molar-refractivity contribution in [1.29, 1.82) is 0 Å². The second-order valence-electron chi connectivity index (χ2n) is 3.54. The lowest BCUT2D eigenvalue weighted by atomic mass is 10.1. The molecule has 0 saturated heterocycles. The van der Waals surface area contributed by atoms with Gasteiger partial charge >= 0.3 is 0 Å². The molecule has 0 aliphatic rings. The van der Waals surface area contributed by atoms with E-state index in [2.05, 4.69) is 39.8 Å². The molecule has 1 aromatic rings. The predicted octanol–water partition coefficient (Wildman–Crippen LogP) is 3.06. The maximum absolute atomic E-state index is 11.6. The van der Waals surface area contributed by atoms with E-state index in [1.807, 2.05) is 19.1 Å². The number of amides is 1. The third kappa shape index (κ3) is 4.15. The van der Waals surface area contributed by atoms with Gasteiger partial charge in [-0.1, -0.05) is 20.3 Å². The van der Waals surface area contributed by atoms with Gasteiger partial charge in [0, 0.05) is 15.7 Å². The summed E-state index contributed by atoms with van der Waals surface area (Å²) in [6.45, 7) is 4.01. The lowest BCUT2D eigenvalue weighted by Crippen LogP contribution is -2.20. The van der Waals surface area contributed by atoms with Crippen LogP contribution in [-0.2, 0) is 4.79 Å². The summed E-state index contributed by atoms with van der Waals surface area (Å²) < 4.78 is 1.06. The van der Waals surface area contributed by atoms with Crippen LogP contribution in [0.5, 0.6) is 0 Å². The maximum Gasteiger partial charge on any atom is 0.228 e. The molecule has 1 heterocycles. The number of carbonyl (C=O) groups is 1. The quantitative estimate of drug-likeness (QED) is 0.867. The summed E-state index contributed by atoms with van der Waals surface area (Å²) in [4.78, 5) is 15.8. The summed E-state index contributed by atoms with van der Waals surface area (Å²) in [6, 6.07) is 3.74. The number of halogens is 1. The van der Waals surface area contributed by atoms with Crippen molar-refractivity contribution < 1.29 is 4.79 Å². The highest BCUT2D eigenvalue weighted by Crippen LogP contribution is 2.11. The molecule has 15 heavy (non-hydrogen) atoms. The van der Waals surface area contributed by atoms with Gasteiger partial charge in [0.25, 0.3) is 0 Å². The van der Waals surface area contributed by atoms with Crippen LogP contribution in [0.1, 0.15) is 26.7 Å². The van der Waals surface area contributed by atoms with Crippen molar-refractivity contribution in [3.8, 4) is 0 Å². The van der Waals surface area contributed by atoms with Gasteiger partial charge in [0.2, 0.25) is 5.91 Å². The molecule has 1 rings (SSSR count). The van der Waals surface area contributed by atoms with Gasteiger partial charge in [-0.05, 0) is 41.1 Å². The lowest BCUT2D eigenvalue weighted by Gasteiger charge is -2.10. The molecule has 1 N–H and O–H groups in total. The van der Waals surface area contributed by atoms with Crippen LogP contribution in [0.2, 0.25) is 0 Å². The average Bonchev–Trinajstić information content (AvgIpc) is 2.22. The Labute approximate surface area is 104 Å². The zero-order valence-electron chi connectivity index (χ0n) is 8.96. The first-order valence-corrected chi connectivity index (χ1v) is 6.13. The summed E-state index contributed by atoms with van der Waals surface area (Å²) in [6.07, 6.45) is 3.67. The van der Waals surface area contributed by atoms with E-state index in [0.29, 0.717) is 5.82 Å². The molecule has 1 amide bonds. The Hall–Kier alpha value is -0.650. The molecule has 1 aromatic heterocycles. The fourth-order valence-corrected chi connectivity index (χ4v) is 1.58. The smallest absolute Gasteiger partial charge is 0.228 e. The van der Waals surface area contributed by atoms with E-state index in [4.69, 9.17) is 0 Å². The Morgan fingerprint density at radius 3 is 2.87 bits per heavy atom. The fraction of sp³-hybridized carbons (Fsp3) is 0.455. The minimum absolute atomic E-state index is 0.0468. The minimum Gasteiger partial charge on any atom is -0.310 e. The molecular weight excluding hydrogens is 303 g/mol. The van der Waals surface area contributed by atoms with Crippen LogP contribution < -0.4 is 5.32 Å². The van der Waals surface area contributed by atoms with E-state index in [9.17, 15) is 4.79 Å². The summed E-state index contributed by atoms with van der Waals surface area (Å²) >= 11 is 2.18. The van der Waals surface area contributed by atoms with Crippen molar-refractivity contribution >= 4 is 34.3 Å². The van der Waals surface area contributed by atoms with Gasteiger partial charge in [-0.2, -0.15) is 0 Å². The van der Waals surface area contributed by atoms with Crippen molar-refractivity contribution in [3.05, 3.63) is 21.9 Å². The van der Waals surface area contributed by atoms with Crippen LogP contribution in [0.25, 0.3) is 0 Å². The topological polar surface area (TPSA) is 42.0 Å². The van der Waals surface area contributed by atoms with Crippen LogP contribution in [0, 0.1) is 9.49 Å². The number of nitrogens with zero attached hydrogens (tertiary/aromatic N) is 1. The standard InChI is InChI=1S/C11H15IN2O/c1-3-4-8(2)11(15)14-10-6-5-9(12)7-13-10/h5-8H,3-4H2,1-2H3,(H,13,14,15). The zero-order chi connectivity index (χ0) is 11.3. The summed E-state index contributed by atoms with van der Waals surface area (Å²) in [5, 5.41) is 2.80. The van der Waals surface area contributed by atoms with Gasteiger partial charge < -0.3 is 5.32 Å². The first-order chi connectivity index (χ1) is 7.13. The van der Waals surface area contributed by atoms with E-state index in [-0.39, 0.29) is 11.8 Å². The van der Waals surface area contributed by atoms with E-state index in [1.54, 1.807) is 6.20 Å². The van der Waals surface area contributed by atoms with Gasteiger partial charge in [-0.3, -0.25) is 4.79 Å². The molecular formula is C11H15IN2O. The van der Waals surface area contributed by atoms with E-state index < -0.39 is 0 Å². The first-order valence-electron chi connectivity index (χ1n) is 5.06. The fourth-order valence-electron chi connectivity index (χ4n) is 1.26. The number of carbonyl (C=O) groups excluding carboxylic acids is 1. The zero-order valence-corrected chi connectivity index (χ0v) is 11.1. The second kappa shape index (κ2) is 6.05. The number of hydrogen-bond donors (Lipinski definition) is 1. The molecule has 0 fully saturated rings. The number of anilines is 1. The molecule has 0 saturated carbocycles. The maximum atomic E-state index is 11.6. The summed E-state index contributed by atoms with van der Waals surface area (Å²) in [7, 11) is 0. The van der Waals surface area contributed by atoms with Crippen molar-refractivity contribution in [3.63, 3.8) is 0 Å². The molecule has 0 aliphatic heterocycles. The Balaban J connectivity index is 2.54. The third-order valence-corrected chi connectivity index (χ3v) is 2.79. The lowest BCUT2D eigenvalue weighted by molar-refractivity contribution is -0.119. The average molecular weight is 318 g/mol. The molecule has 1 unspecified atom stereocenters. The normalized spacial score (nSPS) is 12.2. The molecule has 0 radical (unpaired) electrons. The first kappa shape index (κ1) is 12.4. The van der Waals surface area contributed by atoms with Crippen LogP contribution in [0.4, 0.5) is 5.82 Å². The Morgan fingerprint density at radius 2 is 2.33 bits per heavy atom. The van der Waals surface area contributed by atoms with Crippen LogP contribution >= 0.6 is 22.6 Å². The van der Waals surface area contributed by atoms with Crippen molar-refractivity contribution in [2.24, 2.45) is 5.92 Å². The highest BCUT2D eigenvalue weighted by Gasteiger charge is 2.11. The summed E-state index contributed by atoms with van der Waals surface area (Å²) in [5.41, 5.74) is 0. The summed E-state index contributed by atoms with van der Waals surface area (Å²) in [5.74, 6) is 0.727. The highest BCUT2D eigenvalue weighted by atomic mass is 127. The van der Waals surface area contributed by atoms with Crippen molar-refractivity contribution in [2.45, 2.75) is 26.7 Å². The molecule has 4 heteroatoms. The third-order valence-electron chi connectivity index (χ3n) is 2.15. The van der Waals surface area contributed by atoms with Crippen molar-refractivity contribution in [2.75, 3.05) is 5.32 Å². The number of rotatable bonds is 4. The Bertz CT molecular complexity index is 324. The molecule has 82 valence electrons. The molecule has 0 bridgehead atoms. The predicted molar refractivity (Wildman–Crippen MR) is 69.7 cm³/mol. The monoisotopic (exact) mass is 318 g/mol. The number of nitrogens with one attached hydrogen (secondary N) is 1. The van der Waals surface area contributed by atoms with Crippen molar-refractivity contribution in [1.82, 2.24) is 4.98 Å². The molecule has 0 aliphatic carbocycles. The number of hydrogen-bond acceptors (Lipinski definition) is 2. The van der Waals surface area contributed by atoms with E-state index >= 15 is 0 Å². The van der Waals surface area contributed by atoms with Gasteiger partial charge in [0.05, 0.1) is 0 Å². The van der Waals surface area contributed by atoms with Gasteiger partial charge in [-0.15, -0.1) is 0 Å². The number of pyridine rings is 1. The van der Waals surface area contributed by atoms with Crippen LogP contribution in [0.15, 0.2) is 18.3 Å². The van der Waals surface area contributed by atoms with E-state index in [1.165, 1.54) is 0 Å². The SMILES string of the molecule is CCCC(C)C(=O)Nc1ccc(I)cn1. The van der Waals surface area contributed by atoms with E-state index in [0.717, 1.165) is 16.4 Å². The van der Waals surface area contributed by atoms with Gasteiger partial charge in [-0.25, -0.2) is 4.98 Å². The van der Waals surface area contributed by atoms with Gasteiger partial charge in [0.1, 0.15) is 5.82 Å². The molecule has 1 atom stereocenters. The highest BCUT2D eigenvalue weighted by molar-refractivity contribution is 14.1. The van der Waals surface area contributed by atoms with Gasteiger partial charge in [0.15, 0.2) is 0 Å². The van der Waals surface area contributed by atoms with Crippen LogP contribution in [0.3, 0.4) is 0 Å². The molecule has 0 spiro atoms. The minimum atomic E-state index is 0.0468. The Morgan fingerprint density at radius 1 is 1.60 bits per heavy atom. The Kier molecular flexibility index (Phi) is 5.01. The number of aromatic nitrogens is 1.